The zero-order valence-electron chi connectivity index (χ0n) is 9.98. The van der Waals surface area contributed by atoms with Crippen LogP contribution in [-0.4, -0.2) is 46.7 Å². The van der Waals surface area contributed by atoms with Crippen molar-refractivity contribution in [1.82, 2.24) is 14.1 Å². The lowest BCUT2D eigenvalue weighted by Crippen LogP contribution is -2.37. The average molecular weight is 273 g/mol. The zero-order chi connectivity index (χ0) is 13.3. The van der Waals surface area contributed by atoms with Crippen molar-refractivity contribution in [2.24, 2.45) is 13.0 Å². The lowest BCUT2D eigenvalue weighted by atomic mass is 10.4. The summed E-state index contributed by atoms with van der Waals surface area (Å²) in [5.41, 5.74) is 0. The molecule has 7 nitrogen and oxygen atoms in total. The van der Waals surface area contributed by atoms with Crippen LogP contribution in [0.5, 0.6) is 0 Å². The first-order valence-corrected chi connectivity index (χ1v) is 7.04. The van der Waals surface area contributed by atoms with Crippen LogP contribution in [0.4, 0.5) is 0 Å². The summed E-state index contributed by atoms with van der Waals surface area (Å²) < 4.78 is 26.9. The Morgan fingerprint density at radius 2 is 2.28 bits per heavy atom. The highest BCUT2D eigenvalue weighted by molar-refractivity contribution is 7.89. The molecule has 1 aliphatic rings. The van der Waals surface area contributed by atoms with E-state index in [2.05, 4.69) is 5.10 Å². The molecule has 1 aromatic heterocycles. The first-order valence-electron chi connectivity index (χ1n) is 5.60. The summed E-state index contributed by atoms with van der Waals surface area (Å²) in [6.45, 7) is -0.239. The van der Waals surface area contributed by atoms with E-state index in [0.717, 1.165) is 17.1 Å². The molecule has 2 rings (SSSR count). The molecule has 1 heterocycles. The minimum absolute atomic E-state index is 0.0342. The summed E-state index contributed by atoms with van der Waals surface area (Å²) in [4.78, 5) is 10.8. The molecule has 0 atom stereocenters. The number of sulfonamides is 1. The van der Waals surface area contributed by atoms with Gasteiger partial charge in [0.05, 0.1) is 6.20 Å². The molecule has 0 aromatic carbocycles. The van der Waals surface area contributed by atoms with Gasteiger partial charge >= 0.3 is 5.97 Å². The Bertz CT molecular complexity index is 547. The molecule has 8 heteroatoms. The Morgan fingerprint density at radius 3 is 2.72 bits per heavy atom. The van der Waals surface area contributed by atoms with Gasteiger partial charge in [-0.1, -0.05) is 0 Å². The molecule has 18 heavy (non-hydrogen) atoms. The summed E-state index contributed by atoms with van der Waals surface area (Å²) >= 11 is 0. The van der Waals surface area contributed by atoms with Crippen LogP contribution in [0, 0.1) is 5.92 Å². The maximum Gasteiger partial charge on any atom is 0.318 e. The first kappa shape index (κ1) is 13.0. The highest BCUT2D eigenvalue weighted by Gasteiger charge is 2.33. The predicted octanol–water partition coefficient (Wildman–Crippen LogP) is -0.0946. The van der Waals surface area contributed by atoms with Gasteiger partial charge in [-0.05, 0) is 18.8 Å². The van der Waals surface area contributed by atoms with Gasteiger partial charge in [-0.25, -0.2) is 8.42 Å². The molecule has 1 aliphatic carbocycles. The fourth-order valence-corrected chi connectivity index (χ4v) is 3.12. The van der Waals surface area contributed by atoms with Gasteiger partial charge in [-0.15, -0.1) is 0 Å². The SMILES string of the molecule is Cn1cc(S(=O)(=O)N(CC(=O)O)CC2CC2)cn1. The van der Waals surface area contributed by atoms with Gasteiger partial charge in [0.2, 0.25) is 10.0 Å². The van der Waals surface area contributed by atoms with E-state index in [-0.39, 0.29) is 17.4 Å². The number of hydrogen-bond acceptors (Lipinski definition) is 4. The Hall–Kier alpha value is -1.41. The molecule has 100 valence electrons. The third-order valence-corrected chi connectivity index (χ3v) is 4.55. The molecule has 1 aromatic rings. The zero-order valence-corrected chi connectivity index (χ0v) is 10.8. The largest absolute Gasteiger partial charge is 0.480 e. The van der Waals surface area contributed by atoms with Crippen LogP contribution < -0.4 is 0 Å². The van der Waals surface area contributed by atoms with Gasteiger partial charge in [-0.2, -0.15) is 9.40 Å². The van der Waals surface area contributed by atoms with Gasteiger partial charge in [0.1, 0.15) is 11.4 Å². The van der Waals surface area contributed by atoms with Crippen molar-refractivity contribution in [3.05, 3.63) is 12.4 Å². The maximum absolute atomic E-state index is 12.3. The van der Waals surface area contributed by atoms with Crippen LogP contribution in [0.15, 0.2) is 17.3 Å². The normalized spacial score (nSPS) is 16.1. The van der Waals surface area contributed by atoms with Gasteiger partial charge in [-0.3, -0.25) is 9.48 Å². The second-order valence-corrected chi connectivity index (χ2v) is 6.42. The lowest BCUT2D eigenvalue weighted by molar-refractivity contribution is -0.137. The third kappa shape index (κ3) is 2.88. The molecule has 1 N–H and O–H groups in total. The number of nitrogens with zero attached hydrogens (tertiary/aromatic N) is 3. The molecule has 0 saturated heterocycles. The first-order chi connectivity index (χ1) is 8.39. The molecule has 0 spiro atoms. The highest BCUT2D eigenvalue weighted by Crippen LogP contribution is 2.31. The standard InChI is InChI=1S/C10H15N3O4S/c1-12-6-9(4-11-12)18(16,17)13(7-10(14)15)5-8-2-3-8/h4,6,8H,2-3,5,7H2,1H3,(H,14,15). The van der Waals surface area contributed by atoms with Crippen molar-refractivity contribution in [3.8, 4) is 0 Å². The van der Waals surface area contributed by atoms with Gasteiger partial charge < -0.3 is 5.11 Å². The number of aryl methyl sites for hydroxylation is 1. The molecule has 0 radical (unpaired) electrons. The minimum atomic E-state index is -3.76. The van der Waals surface area contributed by atoms with E-state index in [1.165, 1.54) is 17.1 Å². The fourth-order valence-electron chi connectivity index (χ4n) is 1.67. The van der Waals surface area contributed by atoms with Crippen LogP contribution in [0.1, 0.15) is 12.8 Å². The Morgan fingerprint density at radius 1 is 1.61 bits per heavy atom. The number of aliphatic carboxylic acids is 1. The van der Waals surface area contributed by atoms with E-state index in [1.54, 1.807) is 7.05 Å². The number of carbonyl (C=O) groups is 1. The van der Waals surface area contributed by atoms with E-state index >= 15 is 0 Å². The lowest BCUT2D eigenvalue weighted by Gasteiger charge is -2.18. The van der Waals surface area contributed by atoms with Crippen molar-refractivity contribution in [2.45, 2.75) is 17.7 Å². The highest BCUT2D eigenvalue weighted by atomic mass is 32.2. The van der Waals surface area contributed by atoms with Crippen LogP contribution >= 0.6 is 0 Å². The number of aromatic nitrogens is 2. The number of carboxylic acids is 1. The summed E-state index contributed by atoms with van der Waals surface area (Å²) in [6, 6.07) is 0. The van der Waals surface area contributed by atoms with Crippen LogP contribution in [0.2, 0.25) is 0 Å². The van der Waals surface area contributed by atoms with Gasteiger partial charge in [0, 0.05) is 19.8 Å². The van der Waals surface area contributed by atoms with E-state index in [0.29, 0.717) is 0 Å². The molecule has 0 bridgehead atoms. The predicted molar refractivity (Wildman–Crippen MR) is 62.3 cm³/mol. The Kier molecular flexibility index (Phi) is 3.40. The summed E-state index contributed by atoms with van der Waals surface area (Å²) in [6.07, 6.45) is 4.52. The summed E-state index contributed by atoms with van der Waals surface area (Å²) in [7, 11) is -2.15. The molecule has 1 saturated carbocycles. The summed E-state index contributed by atoms with van der Waals surface area (Å²) in [5, 5.41) is 12.6. The third-order valence-electron chi connectivity index (χ3n) is 2.79. The van der Waals surface area contributed by atoms with Gasteiger partial charge in [0.15, 0.2) is 0 Å². The van der Waals surface area contributed by atoms with E-state index in [4.69, 9.17) is 5.11 Å². The molecule has 0 unspecified atom stereocenters. The number of hydrogen-bond donors (Lipinski definition) is 1. The molecule has 0 aliphatic heterocycles. The van der Waals surface area contributed by atoms with E-state index < -0.39 is 22.5 Å². The second kappa shape index (κ2) is 4.69. The van der Waals surface area contributed by atoms with E-state index in [1.807, 2.05) is 0 Å². The van der Waals surface area contributed by atoms with Crippen molar-refractivity contribution in [3.63, 3.8) is 0 Å². The van der Waals surface area contributed by atoms with Crippen molar-refractivity contribution < 1.29 is 18.3 Å². The Labute approximate surface area is 105 Å². The second-order valence-electron chi connectivity index (χ2n) is 4.48. The van der Waals surface area contributed by atoms with Crippen molar-refractivity contribution >= 4 is 16.0 Å². The van der Waals surface area contributed by atoms with Gasteiger partial charge in [0.25, 0.3) is 0 Å². The van der Waals surface area contributed by atoms with Crippen molar-refractivity contribution in [1.29, 1.82) is 0 Å². The number of carboxylic acid groups (broad SMARTS) is 1. The van der Waals surface area contributed by atoms with Crippen LogP contribution in [-0.2, 0) is 21.9 Å². The fraction of sp³-hybridized carbons (Fsp3) is 0.600. The average Bonchev–Trinajstić information content (AvgIpc) is 2.96. The quantitative estimate of drug-likeness (QED) is 0.781. The molecule has 0 amide bonds. The van der Waals surface area contributed by atoms with E-state index in [9.17, 15) is 13.2 Å². The van der Waals surface area contributed by atoms with Crippen LogP contribution in [0.25, 0.3) is 0 Å². The molecule has 1 fully saturated rings. The number of rotatable bonds is 6. The molecular weight excluding hydrogens is 258 g/mol. The topological polar surface area (TPSA) is 92.5 Å². The van der Waals surface area contributed by atoms with Crippen molar-refractivity contribution in [2.75, 3.05) is 13.1 Å². The molecular formula is C10H15N3O4S. The van der Waals surface area contributed by atoms with Crippen LogP contribution in [0.3, 0.4) is 0 Å². The minimum Gasteiger partial charge on any atom is -0.480 e. The monoisotopic (exact) mass is 273 g/mol. The maximum atomic E-state index is 12.3. The summed E-state index contributed by atoms with van der Waals surface area (Å²) in [5.74, 6) is -0.862. The smallest absolute Gasteiger partial charge is 0.318 e. The Balaban J connectivity index is 2.24.